The molecular weight excluding hydrogens is 280 g/mol. The van der Waals surface area contributed by atoms with Crippen LogP contribution in [0.4, 0.5) is 0 Å². The molecule has 0 bridgehead atoms. The maximum Gasteiger partial charge on any atom is 0.327 e. The highest BCUT2D eigenvalue weighted by Gasteiger charge is 2.19. The van der Waals surface area contributed by atoms with E-state index in [1.807, 2.05) is 51.1 Å². The lowest BCUT2D eigenvalue weighted by Crippen LogP contribution is -2.25. The van der Waals surface area contributed by atoms with Crippen LogP contribution in [-0.2, 0) is 20.7 Å². The smallest absolute Gasteiger partial charge is 0.327 e. The van der Waals surface area contributed by atoms with Gasteiger partial charge in [-0.2, -0.15) is 0 Å². The molecular formula is C18H24O4. The summed E-state index contributed by atoms with van der Waals surface area (Å²) in [7, 11) is 0. The van der Waals surface area contributed by atoms with Crippen LogP contribution in [0.5, 0.6) is 0 Å². The van der Waals surface area contributed by atoms with Gasteiger partial charge in [-0.25, -0.2) is 4.79 Å². The molecule has 0 aliphatic rings. The van der Waals surface area contributed by atoms with E-state index >= 15 is 0 Å². The molecule has 0 aliphatic carbocycles. The lowest BCUT2D eigenvalue weighted by Gasteiger charge is -2.21. The number of carbonyl (C=O) groups excluding carboxylic acids is 1. The van der Waals surface area contributed by atoms with Gasteiger partial charge in [0.05, 0.1) is 6.42 Å². The molecule has 4 nitrogen and oxygen atoms in total. The Hall–Kier alpha value is -2.10. The van der Waals surface area contributed by atoms with Crippen molar-refractivity contribution in [2.75, 3.05) is 0 Å². The van der Waals surface area contributed by atoms with Gasteiger partial charge in [0, 0.05) is 6.08 Å². The number of rotatable bonds is 7. The van der Waals surface area contributed by atoms with Gasteiger partial charge < -0.3 is 9.84 Å². The second-order valence-electron chi connectivity index (χ2n) is 6.27. The second-order valence-corrected chi connectivity index (χ2v) is 6.27. The zero-order valence-electron chi connectivity index (χ0n) is 13.4. The summed E-state index contributed by atoms with van der Waals surface area (Å²) in [6.07, 6.45) is 4.36. The lowest BCUT2D eigenvalue weighted by atomic mass is 9.96. The monoisotopic (exact) mass is 304 g/mol. The SMILES string of the molecule is CC(C)(C)OC(=O)C[C@H](/C=C/C(=O)O)CCc1ccccc1. The Morgan fingerprint density at radius 2 is 1.86 bits per heavy atom. The van der Waals surface area contributed by atoms with Gasteiger partial charge in [0.2, 0.25) is 0 Å². The summed E-state index contributed by atoms with van der Waals surface area (Å²) in [6, 6.07) is 9.92. The molecule has 120 valence electrons. The van der Waals surface area contributed by atoms with Gasteiger partial charge in [0.25, 0.3) is 0 Å². The lowest BCUT2D eigenvalue weighted by molar-refractivity contribution is -0.155. The van der Waals surface area contributed by atoms with E-state index in [4.69, 9.17) is 9.84 Å². The minimum Gasteiger partial charge on any atom is -0.478 e. The van der Waals surface area contributed by atoms with E-state index in [-0.39, 0.29) is 18.3 Å². The molecule has 1 rings (SSSR count). The van der Waals surface area contributed by atoms with E-state index in [9.17, 15) is 9.59 Å². The van der Waals surface area contributed by atoms with Crippen LogP contribution in [0.25, 0.3) is 0 Å². The number of hydrogen-bond acceptors (Lipinski definition) is 3. The molecule has 1 N–H and O–H groups in total. The van der Waals surface area contributed by atoms with Crippen molar-refractivity contribution in [3.63, 3.8) is 0 Å². The fourth-order valence-corrected chi connectivity index (χ4v) is 2.08. The highest BCUT2D eigenvalue weighted by atomic mass is 16.6. The van der Waals surface area contributed by atoms with Crippen molar-refractivity contribution in [2.24, 2.45) is 5.92 Å². The number of carbonyl (C=O) groups is 2. The normalized spacial score (nSPS) is 13.0. The molecule has 1 aromatic rings. The van der Waals surface area contributed by atoms with E-state index in [2.05, 4.69) is 0 Å². The Morgan fingerprint density at radius 3 is 2.41 bits per heavy atom. The van der Waals surface area contributed by atoms with Crippen molar-refractivity contribution in [3.05, 3.63) is 48.0 Å². The summed E-state index contributed by atoms with van der Waals surface area (Å²) in [5.74, 6) is -1.46. The number of aryl methyl sites for hydroxylation is 1. The van der Waals surface area contributed by atoms with Crippen LogP contribution < -0.4 is 0 Å². The number of ether oxygens (including phenoxy) is 1. The van der Waals surface area contributed by atoms with Crippen molar-refractivity contribution in [2.45, 2.75) is 45.6 Å². The zero-order chi connectivity index (χ0) is 16.6. The molecule has 0 aromatic heterocycles. The molecule has 0 fully saturated rings. The molecule has 0 amide bonds. The predicted molar refractivity (Wildman–Crippen MR) is 85.5 cm³/mol. The van der Waals surface area contributed by atoms with Crippen LogP contribution in [0.2, 0.25) is 0 Å². The number of carboxylic acids is 1. The van der Waals surface area contributed by atoms with E-state index in [1.54, 1.807) is 6.08 Å². The largest absolute Gasteiger partial charge is 0.478 e. The van der Waals surface area contributed by atoms with Crippen LogP contribution in [0, 0.1) is 5.92 Å². The average Bonchev–Trinajstić information content (AvgIpc) is 2.41. The second kappa shape index (κ2) is 8.37. The highest BCUT2D eigenvalue weighted by molar-refractivity contribution is 5.80. The van der Waals surface area contributed by atoms with Crippen molar-refractivity contribution in [1.29, 1.82) is 0 Å². The van der Waals surface area contributed by atoms with Gasteiger partial charge in [-0.1, -0.05) is 36.4 Å². The van der Waals surface area contributed by atoms with Crippen LogP contribution in [0.15, 0.2) is 42.5 Å². The van der Waals surface area contributed by atoms with Gasteiger partial charge in [-0.3, -0.25) is 4.79 Å². The fraction of sp³-hybridized carbons (Fsp3) is 0.444. The molecule has 1 atom stereocenters. The minimum absolute atomic E-state index is 0.147. The molecule has 0 aliphatic heterocycles. The Morgan fingerprint density at radius 1 is 1.23 bits per heavy atom. The maximum atomic E-state index is 11.9. The van der Waals surface area contributed by atoms with E-state index in [0.29, 0.717) is 6.42 Å². The Balaban J connectivity index is 2.63. The molecule has 1 aromatic carbocycles. The predicted octanol–water partition coefficient (Wildman–Crippen LogP) is 3.61. The standard InChI is InChI=1S/C18H24O4/c1-18(2,3)22-17(21)13-15(11-12-16(19)20)10-9-14-7-5-4-6-8-14/h4-8,11-12,15H,9-10,13H2,1-3H3,(H,19,20)/b12-11+/t15-/m0/s1. The third-order valence-corrected chi connectivity index (χ3v) is 3.01. The van der Waals surface area contributed by atoms with Crippen LogP contribution in [0.1, 0.15) is 39.2 Å². The van der Waals surface area contributed by atoms with Gasteiger partial charge in [0.1, 0.15) is 5.60 Å². The van der Waals surface area contributed by atoms with E-state index in [1.165, 1.54) is 5.56 Å². The van der Waals surface area contributed by atoms with Gasteiger partial charge in [-0.05, 0) is 45.1 Å². The third-order valence-electron chi connectivity index (χ3n) is 3.01. The summed E-state index contributed by atoms with van der Waals surface area (Å²) in [5, 5.41) is 8.77. The van der Waals surface area contributed by atoms with E-state index in [0.717, 1.165) is 12.5 Å². The quantitative estimate of drug-likeness (QED) is 0.617. The Bertz CT molecular complexity index is 512. The summed E-state index contributed by atoms with van der Waals surface area (Å²) in [4.78, 5) is 22.6. The maximum absolute atomic E-state index is 11.9. The Labute approximate surface area is 131 Å². The topological polar surface area (TPSA) is 63.6 Å². The first-order chi connectivity index (χ1) is 10.3. The number of aliphatic carboxylic acids is 1. The van der Waals surface area contributed by atoms with Crippen molar-refractivity contribution < 1.29 is 19.4 Å². The fourth-order valence-electron chi connectivity index (χ4n) is 2.08. The molecule has 0 radical (unpaired) electrons. The van der Waals surface area contributed by atoms with Crippen LogP contribution in [0.3, 0.4) is 0 Å². The number of allylic oxidation sites excluding steroid dienone is 1. The summed E-state index contributed by atoms with van der Waals surface area (Å²) < 4.78 is 5.31. The highest BCUT2D eigenvalue weighted by Crippen LogP contribution is 2.18. The molecule has 0 saturated heterocycles. The third kappa shape index (κ3) is 8.25. The van der Waals surface area contributed by atoms with Gasteiger partial charge in [0.15, 0.2) is 0 Å². The van der Waals surface area contributed by atoms with Crippen LogP contribution >= 0.6 is 0 Å². The number of hydrogen-bond donors (Lipinski definition) is 1. The van der Waals surface area contributed by atoms with Gasteiger partial charge >= 0.3 is 11.9 Å². The molecule has 0 spiro atoms. The molecule has 0 heterocycles. The Kier molecular flexibility index (Phi) is 6.83. The van der Waals surface area contributed by atoms with Crippen molar-refractivity contribution in [1.82, 2.24) is 0 Å². The van der Waals surface area contributed by atoms with E-state index < -0.39 is 11.6 Å². The molecule has 22 heavy (non-hydrogen) atoms. The first kappa shape index (κ1) is 18.0. The first-order valence-corrected chi connectivity index (χ1v) is 7.43. The van der Waals surface area contributed by atoms with Crippen molar-refractivity contribution >= 4 is 11.9 Å². The first-order valence-electron chi connectivity index (χ1n) is 7.43. The number of carboxylic acid groups (broad SMARTS) is 1. The molecule has 0 saturated carbocycles. The summed E-state index contributed by atoms with van der Waals surface area (Å²) >= 11 is 0. The molecule has 4 heteroatoms. The number of benzene rings is 1. The van der Waals surface area contributed by atoms with Crippen molar-refractivity contribution in [3.8, 4) is 0 Å². The summed E-state index contributed by atoms with van der Waals surface area (Å²) in [6.45, 7) is 5.45. The molecule has 0 unspecified atom stereocenters. The number of esters is 1. The van der Waals surface area contributed by atoms with Crippen LogP contribution in [-0.4, -0.2) is 22.6 Å². The average molecular weight is 304 g/mol. The van der Waals surface area contributed by atoms with Gasteiger partial charge in [-0.15, -0.1) is 0 Å². The zero-order valence-corrected chi connectivity index (χ0v) is 13.4. The minimum atomic E-state index is -1.01. The summed E-state index contributed by atoms with van der Waals surface area (Å²) in [5.41, 5.74) is 0.637.